The molecule has 2 rings (SSSR count). The molecule has 17 heavy (non-hydrogen) atoms. The second-order valence-corrected chi connectivity index (χ2v) is 4.42. The first kappa shape index (κ1) is 11.9. The molecule has 5 heteroatoms. The number of pyridine rings is 1. The third-order valence-corrected chi connectivity index (χ3v) is 3.33. The number of halogens is 3. The first-order valence-corrected chi connectivity index (χ1v) is 5.39. The van der Waals surface area contributed by atoms with E-state index in [1.807, 2.05) is 0 Å². The Morgan fingerprint density at radius 2 is 1.82 bits per heavy atom. The molecule has 0 unspecified atom stereocenters. The van der Waals surface area contributed by atoms with Gasteiger partial charge < -0.3 is 0 Å². The summed E-state index contributed by atoms with van der Waals surface area (Å²) in [6.45, 7) is 0. The van der Waals surface area contributed by atoms with Crippen LogP contribution in [0, 0.1) is 17.3 Å². The molecule has 1 aromatic rings. The summed E-state index contributed by atoms with van der Waals surface area (Å²) < 4.78 is 38.8. The molecule has 0 aliphatic heterocycles. The zero-order valence-corrected chi connectivity index (χ0v) is 9.09. The molecule has 1 saturated carbocycles. The van der Waals surface area contributed by atoms with Crippen molar-refractivity contribution in [1.82, 2.24) is 4.98 Å². The molecule has 0 spiro atoms. The summed E-state index contributed by atoms with van der Waals surface area (Å²) in [5, 5.41) is 9.22. The fourth-order valence-corrected chi connectivity index (χ4v) is 2.17. The molecule has 1 heterocycles. The van der Waals surface area contributed by atoms with Gasteiger partial charge in [-0.2, -0.15) is 9.65 Å². The van der Waals surface area contributed by atoms with Crippen LogP contribution in [0.25, 0.3) is 0 Å². The molecule has 0 N–H and O–H groups in total. The molecule has 1 aliphatic carbocycles. The number of nitrogens with zero attached hydrogens (tertiary/aromatic N) is 2. The smallest absolute Gasteiger partial charge is 0.228 e. The third kappa shape index (κ3) is 2.26. The number of hydrogen-bond acceptors (Lipinski definition) is 2. The molecule has 0 atom stereocenters. The van der Waals surface area contributed by atoms with Crippen LogP contribution >= 0.6 is 0 Å². The van der Waals surface area contributed by atoms with Gasteiger partial charge in [-0.3, -0.25) is 0 Å². The molecular formula is C12H11F3N2. The fourth-order valence-electron chi connectivity index (χ4n) is 2.17. The van der Waals surface area contributed by atoms with Gasteiger partial charge in [-0.25, -0.2) is 13.8 Å². The van der Waals surface area contributed by atoms with Crippen LogP contribution in [0.2, 0.25) is 0 Å². The van der Waals surface area contributed by atoms with Crippen LogP contribution in [0.5, 0.6) is 0 Å². The van der Waals surface area contributed by atoms with Crippen molar-refractivity contribution in [3.05, 3.63) is 29.8 Å². The van der Waals surface area contributed by atoms with Crippen LogP contribution in [0.3, 0.4) is 0 Å². The Hall–Kier alpha value is -1.57. The van der Waals surface area contributed by atoms with Gasteiger partial charge >= 0.3 is 0 Å². The van der Waals surface area contributed by atoms with Gasteiger partial charge in [0.05, 0.1) is 11.5 Å². The Morgan fingerprint density at radius 1 is 1.18 bits per heavy atom. The van der Waals surface area contributed by atoms with Crippen molar-refractivity contribution >= 4 is 0 Å². The number of rotatable bonds is 1. The van der Waals surface area contributed by atoms with Crippen molar-refractivity contribution < 1.29 is 13.2 Å². The lowest BCUT2D eigenvalue weighted by Crippen LogP contribution is -2.35. The Kier molecular flexibility index (Phi) is 2.82. The second-order valence-electron chi connectivity index (χ2n) is 4.42. The minimum atomic E-state index is -2.69. The maximum absolute atomic E-state index is 13.1. The van der Waals surface area contributed by atoms with E-state index in [9.17, 15) is 18.4 Å². The lowest BCUT2D eigenvalue weighted by Gasteiger charge is -2.34. The molecule has 2 nitrogen and oxygen atoms in total. The molecule has 0 amide bonds. The fraction of sp³-hybridized carbons (Fsp3) is 0.500. The summed E-state index contributed by atoms with van der Waals surface area (Å²) in [6, 6.07) is 4.70. The average Bonchev–Trinajstić information content (AvgIpc) is 2.31. The first-order valence-electron chi connectivity index (χ1n) is 5.39. The highest BCUT2D eigenvalue weighted by Crippen LogP contribution is 2.44. The first-order chi connectivity index (χ1) is 7.97. The number of alkyl halides is 2. The van der Waals surface area contributed by atoms with Gasteiger partial charge in [0.25, 0.3) is 0 Å². The van der Waals surface area contributed by atoms with Crippen LogP contribution in [-0.4, -0.2) is 10.9 Å². The summed E-state index contributed by atoms with van der Waals surface area (Å²) in [7, 11) is 0. The minimum Gasteiger partial charge on any atom is -0.228 e. The molecule has 1 aliphatic rings. The van der Waals surface area contributed by atoms with E-state index in [2.05, 4.69) is 11.1 Å². The molecule has 0 bridgehead atoms. The summed E-state index contributed by atoms with van der Waals surface area (Å²) in [4.78, 5) is 3.48. The van der Waals surface area contributed by atoms with E-state index in [-0.39, 0.29) is 25.7 Å². The Balaban J connectivity index is 2.28. The molecule has 0 saturated heterocycles. The topological polar surface area (TPSA) is 36.7 Å². The van der Waals surface area contributed by atoms with Gasteiger partial charge in [-0.1, -0.05) is 6.07 Å². The molecule has 90 valence electrons. The summed E-state index contributed by atoms with van der Waals surface area (Å²) in [5.41, 5.74) is -0.417. The van der Waals surface area contributed by atoms with Crippen LogP contribution in [-0.2, 0) is 5.41 Å². The lowest BCUT2D eigenvalue weighted by atomic mass is 9.70. The lowest BCUT2D eigenvalue weighted by molar-refractivity contribution is -0.0454. The number of hydrogen-bond donors (Lipinski definition) is 0. The number of aromatic nitrogens is 1. The zero-order valence-electron chi connectivity index (χ0n) is 9.09. The van der Waals surface area contributed by atoms with E-state index < -0.39 is 17.3 Å². The van der Waals surface area contributed by atoms with Crippen molar-refractivity contribution in [3.8, 4) is 6.07 Å². The van der Waals surface area contributed by atoms with Gasteiger partial charge in [-0.05, 0) is 24.5 Å². The van der Waals surface area contributed by atoms with Gasteiger partial charge in [-0.15, -0.1) is 0 Å². The Bertz CT molecular complexity index is 438. The van der Waals surface area contributed by atoms with E-state index in [0.717, 1.165) is 6.07 Å². The van der Waals surface area contributed by atoms with E-state index in [1.54, 1.807) is 0 Å². The molecule has 1 fully saturated rings. The van der Waals surface area contributed by atoms with Gasteiger partial charge in [0.15, 0.2) is 0 Å². The Labute approximate surface area is 97.1 Å². The Morgan fingerprint density at radius 3 is 2.29 bits per heavy atom. The van der Waals surface area contributed by atoms with Crippen LogP contribution < -0.4 is 0 Å². The summed E-state index contributed by atoms with van der Waals surface area (Å²) in [6.07, 6.45) is 0.825. The maximum atomic E-state index is 13.1. The standard InChI is InChI=1S/C12H11F3N2/c13-10-2-1-9(7-17-10)11(8-16)3-5-12(14,15)6-4-11/h1-2,7H,3-6H2. The van der Waals surface area contributed by atoms with E-state index in [0.29, 0.717) is 5.56 Å². The van der Waals surface area contributed by atoms with Gasteiger partial charge in [0.2, 0.25) is 11.9 Å². The molecule has 0 radical (unpaired) electrons. The maximum Gasteiger partial charge on any atom is 0.248 e. The molecule has 1 aromatic heterocycles. The molecular weight excluding hydrogens is 229 g/mol. The van der Waals surface area contributed by atoms with Crippen LogP contribution in [0.15, 0.2) is 18.3 Å². The van der Waals surface area contributed by atoms with Crippen molar-refractivity contribution in [2.75, 3.05) is 0 Å². The van der Waals surface area contributed by atoms with E-state index in [4.69, 9.17) is 0 Å². The quantitative estimate of drug-likeness (QED) is 0.707. The van der Waals surface area contributed by atoms with E-state index >= 15 is 0 Å². The summed E-state index contributed by atoms with van der Waals surface area (Å²) in [5.74, 6) is -3.32. The van der Waals surface area contributed by atoms with E-state index in [1.165, 1.54) is 12.3 Å². The van der Waals surface area contributed by atoms with Gasteiger partial charge in [0, 0.05) is 19.0 Å². The highest BCUT2D eigenvalue weighted by molar-refractivity contribution is 5.31. The van der Waals surface area contributed by atoms with Crippen molar-refractivity contribution in [1.29, 1.82) is 5.26 Å². The van der Waals surface area contributed by atoms with Crippen molar-refractivity contribution in [3.63, 3.8) is 0 Å². The number of nitriles is 1. The minimum absolute atomic E-state index is 0.0871. The predicted molar refractivity (Wildman–Crippen MR) is 54.9 cm³/mol. The monoisotopic (exact) mass is 240 g/mol. The largest absolute Gasteiger partial charge is 0.248 e. The SMILES string of the molecule is N#CC1(c2ccc(F)nc2)CCC(F)(F)CC1. The highest BCUT2D eigenvalue weighted by atomic mass is 19.3. The average molecular weight is 240 g/mol. The zero-order chi connectivity index (χ0) is 12.5. The van der Waals surface area contributed by atoms with Crippen LogP contribution in [0.4, 0.5) is 13.2 Å². The van der Waals surface area contributed by atoms with Crippen molar-refractivity contribution in [2.24, 2.45) is 0 Å². The third-order valence-electron chi connectivity index (χ3n) is 3.33. The van der Waals surface area contributed by atoms with Crippen molar-refractivity contribution in [2.45, 2.75) is 37.0 Å². The van der Waals surface area contributed by atoms with Crippen LogP contribution in [0.1, 0.15) is 31.2 Å². The summed E-state index contributed by atoms with van der Waals surface area (Å²) >= 11 is 0. The van der Waals surface area contributed by atoms with Gasteiger partial charge in [0.1, 0.15) is 0 Å². The normalized spacial score (nSPS) is 21.8. The highest BCUT2D eigenvalue weighted by Gasteiger charge is 2.44. The predicted octanol–water partition coefficient (Wildman–Crippen LogP) is 3.19. The second kappa shape index (κ2) is 4.02. The molecule has 0 aromatic carbocycles.